The molecule has 0 amide bonds. The molecule has 3 nitrogen and oxygen atoms in total. The predicted octanol–water partition coefficient (Wildman–Crippen LogP) is 1.61. The molecule has 82 valence electrons. The first-order chi connectivity index (χ1) is 7.40. The Bertz CT molecular complexity index is 325. The first-order valence-corrected chi connectivity index (χ1v) is 5.43. The molecular formula is C12H17NO2. The van der Waals surface area contributed by atoms with Gasteiger partial charge >= 0.3 is 0 Å². The highest BCUT2D eigenvalue weighted by Gasteiger charge is 2.09. The molecule has 3 heteroatoms. The Labute approximate surface area is 90.4 Å². The summed E-state index contributed by atoms with van der Waals surface area (Å²) in [6, 6.07) is 6.19. The van der Waals surface area contributed by atoms with Gasteiger partial charge in [0.2, 0.25) is 0 Å². The van der Waals surface area contributed by atoms with E-state index in [1.807, 2.05) is 13.1 Å². The van der Waals surface area contributed by atoms with Crippen LogP contribution in [0.2, 0.25) is 0 Å². The van der Waals surface area contributed by atoms with Crippen molar-refractivity contribution in [2.75, 3.05) is 26.8 Å². The van der Waals surface area contributed by atoms with Crippen LogP contribution in [0.5, 0.6) is 11.5 Å². The van der Waals surface area contributed by atoms with Crippen molar-refractivity contribution in [3.05, 3.63) is 23.8 Å². The van der Waals surface area contributed by atoms with E-state index in [1.165, 1.54) is 5.56 Å². The van der Waals surface area contributed by atoms with E-state index in [4.69, 9.17) is 9.47 Å². The third kappa shape index (κ3) is 2.63. The second kappa shape index (κ2) is 5.03. The van der Waals surface area contributed by atoms with Crippen molar-refractivity contribution in [1.82, 2.24) is 5.32 Å². The zero-order chi connectivity index (χ0) is 10.5. The van der Waals surface area contributed by atoms with Gasteiger partial charge < -0.3 is 14.8 Å². The molecule has 1 N–H and O–H groups in total. The summed E-state index contributed by atoms with van der Waals surface area (Å²) in [5, 5.41) is 3.14. The summed E-state index contributed by atoms with van der Waals surface area (Å²) in [7, 11) is 1.96. The van der Waals surface area contributed by atoms with Gasteiger partial charge in [-0.2, -0.15) is 0 Å². The molecule has 0 spiro atoms. The smallest absolute Gasteiger partial charge is 0.161 e. The van der Waals surface area contributed by atoms with E-state index in [0.29, 0.717) is 0 Å². The molecule has 1 aliphatic heterocycles. The quantitative estimate of drug-likeness (QED) is 0.816. The molecule has 0 atom stereocenters. The number of rotatable bonds is 3. The van der Waals surface area contributed by atoms with Crippen molar-refractivity contribution >= 4 is 0 Å². The summed E-state index contributed by atoms with van der Waals surface area (Å²) in [5.41, 5.74) is 1.29. The standard InChI is InChI=1S/C12H17NO2/c1-13-6-5-10-3-4-11-12(9-10)15-8-2-7-14-11/h3-4,9,13H,2,5-8H2,1H3. The fourth-order valence-corrected chi connectivity index (χ4v) is 1.63. The number of benzene rings is 1. The van der Waals surface area contributed by atoms with Gasteiger partial charge in [-0.25, -0.2) is 0 Å². The first-order valence-electron chi connectivity index (χ1n) is 5.43. The number of hydrogen-bond donors (Lipinski definition) is 1. The minimum Gasteiger partial charge on any atom is -0.490 e. The molecular weight excluding hydrogens is 190 g/mol. The monoisotopic (exact) mass is 207 g/mol. The molecule has 2 rings (SSSR count). The molecule has 0 unspecified atom stereocenters. The molecule has 0 fully saturated rings. The highest BCUT2D eigenvalue weighted by Crippen LogP contribution is 2.30. The molecule has 0 saturated heterocycles. The lowest BCUT2D eigenvalue weighted by Crippen LogP contribution is -2.10. The van der Waals surface area contributed by atoms with Crippen molar-refractivity contribution in [3.8, 4) is 11.5 Å². The first kappa shape index (κ1) is 10.3. The summed E-state index contributed by atoms with van der Waals surface area (Å²) in [6.07, 6.45) is 1.98. The van der Waals surface area contributed by atoms with Gasteiger partial charge in [0.05, 0.1) is 13.2 Å². The Kier molecular flexibility index (Phi) is 3.45. The summed E-state index contributed by atoms with van der Waals surface area (Å²) < 4.78 is 11.2. The average Bonchev–Trinajstić information content (AvgIpc) is 2.50. The molecule has 0 radical (unpaired) electrons. The fraction of sp³-hybridized carbons (Fsp3) is 0.500. The molecule has 0 bridgehead atoms. The normalized spacial score (nSPS) is 14.7. The van der Waals surface area contributed by atoms with Crippen LogP contribution >= 0.6 is 0 Å². The Morgan fingerprint density at radius 3 is 2.80 bits per heavy atom. The van der Waals surface area contributed by atoms with Crippen LogP contribution in [0, 0.1) is 0 Å². The number of fused-ring (bicyclic) bond motifs is 1. The Hall–Kier alpha value is -1.22. The SMILES string of the molecule is CNCCc1ccc2c(c1)OCCCO2. The highest BCUT2D eigenvalue weighted by molar-refractivity contribution is 5.43. The van der Waals surface area contributed by atoms with E-state index < -0.39 is 0 Å². The van der Waals surface area contributed by atoms with Crippen LogP contribution < -0.4 is 14.8 Å². The number of hydrogen-bond acceptors (Lipinski definition) is 3. The van der Waals surface area contributed by atoms with E-state index in [9.17, 15) is 0 Å². The van der Waals surface area contributed by atoms with E-state index in [0.717, 1.165) is 44.1 Å². The molecule has 0 aliphatic carbocycles. The summed E-state index contributed by atoms with van der Waals surface area (Å²) >= 11 is 0. The topological polar surface area (TPSA) is 30.5 Å². The minimum atomic E-state index is 0.752. The Morgan fingerprint density at radius 2 is 2.00 bits per heavy atom. The van der Waals surface area contributed by atoms with E-state index >= 15 is 0 Å². The lowest BCUT2D eigenvalue weighted by molar-refractivity contribution is 0.297. The zero-order valence-electron chi connectivity index (χ0n) is 9.08. The van der Waals surface area contributed by atoms with Crippen molar-refractivity contribution < 1.29 is 9.47 Å². The number of likely N-dealkylation sites (N-methyl/N-ethyl adjacent to an activating group) is 1. The lowest BCUT2D eigenvalue weighted by atomic mass is 10.1. The Morgan fingerprint density at radius 1 is 1.20 bits per heavy atom. The van der Waals surface area contributed by atoms with Gasteiger partial charge in [-0.05, 0) is 37.7 Å². The lowest BCUT2D eigenvalue weighted by Gasteiger charge is -2.09. The second-order valence-corrected chi connectivity index (χ2v) is 3.69. The third-order valence-electron chi connectivity index (χ3n) is 2.48. The fourth-order valence-electron chi connectivity index (χ4n) is 1.63. The molecule has 1 aromatic carbocycles. The molecule has 0 saturated carbocycles. The van der Waals surface area contributed by atoms with E-state index in [2.05, 4.69) is 17.4 Å². The van der Waals surface area contributed by atoms with Crippen LogP contribution in [0.1, 0.15) is 12.0 Å². The number of ether oxygens (including phenoxy) is 2. The van der Waals surface area contributed by atoms with Crippen LogP contribution in [0.25, 0.3) is 0 Å². The van der Waals surface area contributed by atoms with Gasteiger partial charge in [0.1, 0.15) is 0 Å². The van der Waals surface area contributed by atoms with Gasteiger partial charge in [-0.15, -0.1) is 0 Å². The summed E-state index contributed by atoms with van der Waals surface area (Å²) in [4.78, 5) is 0. The van der Waals surface area contributed by atoms with E-state index in [-0.39, 0.29) is 0 Å². The van der Waals surface area contributed by atoms with Gasteiger partial charge in [0.15, 0.2) is 11.5 Å². The Balaban J connectivity index is 2.13. The van der Waals surface area contributed by atoms with Crippen LogP contribution in [0.15, 0.2) is 18.2 Å². The van der Waals surface area contributed by atoms with Crippen LogP contribution in [0.3, 0.4) is 0 Å². The zero-order valence-corrected chi connectivity index (χ0v) is 9.08. The molecule has 1 aromatic rings. The molecule has 15 heavy (non-hydrogen) atoms. The average molecular weight is 207 g/mol. The van der Waals surface area contributed by atoms with E-state index in [1.54, 1.807) is 0 Å². The van der Waals surface area contributed by atoms with Gasteiger partial charge in [0.25, 0.3) is 0 Å². The van der Waals surface area contributed by atoms with Gasteiger partial charge in [-0.1, -0.05) is 6.07 Å². The minimum absolute atomic E-state index is 0.752. The van der Waals surface area contributed by atoms with Gasteiger partial charge in [0, 0.05) is 6.42 Å². The van der Waals surface area contributed by atoms with Crippen molar-refractivity contribution in [3.63, 3.8) is 0 Å². The summed E-state index contributed by atoms with van der Waals surface area (Å²) in [5.74, 6) is 1.77. The summed E-state index contributed by atoms with van der Waals surface area (Å²) in [6.45, 7) is 2.49. The van der Waals surface area contributed by atoms with Crippen LogP contribution in [-0.2, 0) is 6.42 Å². The van der Waals surface area contributed by atoms with Crippen molar-refractivity contribution in [2.45, 2.75) is 12.8 Å². The third-order valence-corrected chi connectivity index (χ3v) is 2.48. The molecule has 1 heterocycles. The van der Waals surface area contributed by atoms with Gasteiger partial charge in [-0.3, -0.25) is 0 Å². The largest absolute Gasteiger partial charge is 0.490 e. The van der Waals surface area contributed by atoms with Crippen molar-refractivity contribution in [2.24, 2.45) is 0 Å². The second-order valence-electron chi connectivity index (χ2n) is 3.69. The van der Waals surface area contributed by atoms with Crippen molar-refractivity contribution in [1.29, 1.82) is 0 Å². The maximum atomic E-state index is 5.62. The van der Waals surface area contributed by atoms with Crippen LogP contribution in [-0.4, -0.2) is 26.8 Å². The highest BCUT2D eigenvalue weighted by atomic mass is 16.5. The molecule has 1 aliphatic rings. The maximum Gasteiger partial charge on any atom is 0.161 e. The predicted molar refractivity (Wildman–Crippen MR) is 59.7 cm³/mol. The molecule has 0 aromatic heterocycles. The number of nitrogens with one attached hydrogen (secondary N) is 1. The van der Waals surface area contributed by atoms with Crippen LogP contribution in [0.4, 0.5) is 0 Å². The maximum absolute atomic E-state index is 5.62.